The van der Waals surface area contributed by atoms with Gasteiger partial charge >= 0.3 is 0 Å². The SMILES string of the molecule is CCC(CC)c1cc(-c2ccc(OC)cc2)c(C#N)c(N(CC)CC)c1C#N. The van der Waals surface area contributed by atoms with Crippen LogP contribution in [0.1, 0.15) is 63.1 Å². The molecule has 0 atom stereocenters. The Morgan fingerprint density at radius 2 is 1.50 bits per heavy atom. The van der Waals surface area contributed by atoms with Crippen LogP contribution in [-0.4, -0.2) is 20.2 Å². The fourth-order valence-electron chi connectivity index (χ4n) is 3.82. The second kappa shape index (κ2) is 9.81. The molecule has 2 rings (SSSR count). The van der Waals surface area contributed by atoms with Crippen LogP contribution in [-0.2, 0) is 0 Å². The minimum Gasteiger partial charge on any atom is -0.497 e. The molecule has 0 saturated carbocycles. The summed E-state index contributed by atoms with van der Waals surface area (Å²) < 4.78 is 5.28. The zero-order valence-electron chi connectivity index (χ0n) is 17.5. The van der Waals surface area contributed by atoms with Crippen molar-refractivity contribution >= 4 is 5.69 Å². The summed E-state index contributed by atoms with van der Waals surface area (Å²) in [5.41, 5.74) is 4.87. The minimum absolute atomic E-state index is 0.286. The van der Waals surface area contributed by atoms with Crippen LogP contribution in [0.15, 0.2) is 30.3 Å². The number of anilines is 1. The molecule has 0 heterocycles. The lowest BCUT2D eigenvalue weighted by Gasteiger charge is -2.28. The number of hydrogen-bond donors (Lipinski definition) is 0. The molecule has 0 aliphatic carbocycles. The zero-order valence-corrected chi connectivity index (χ0v) is 17.5. The van der Waals surface area contributed by atoms with Crippen LogP contribution >= 0.6 is 0 Å². The molecule has 0 fully saturated rings. The van der Waals surface area contributed by atoms with Crippen molar-refractivity contribution in [2.45, 2.75) is 46.5 Å². The van der Waals surface area contributed by atoms with Gasteiger partial charge in [-0.15, -0.1) is 0 Å². The molecule has 0 unspecified atom stereocenters. The van der Waals surface area contributed by atoms with E-state index in [2.05, 4.69) is 50.8 Å². The number of nitriles is 2. The summed E-state index contributed by atoms with van der Waals surface area (Å²) in [5, 5.41) is 20.1. The van der Waals surface area contributed by atoms with Crippen LogP contribution in [0, 0.1) is 22.7 Å². The van der Waals surface area contributed by atoms with E-state index in [1.807, 2.05) is 24.3 Å². The number of hydrogen-bond acceptors (Lipinski definition) is 4. The molecule has 0 spiro atoms. The molecule has 4 nitrogen and oxygen atoms in total. The first kappa shape index (κ1) is 21.3. The molecule has 4 heteroatoms. The van der Waals surface area contributed by atoms with E-state index < -0.39 is 0 Å². The van der Waals surface area contributed by atoms with Gasteiger partial charge in [-0.1, -0.05) is 26.0 Å². The molecule has 0 aromatic heterocycles. The van der Waals surface area contributed by atoms with Gasteiger partial charge < -0.3 is 9.64 Å². The quantitative estimate of drug-likeness (QED) is 0.580. The third-order valence-electron chi connectivity index (χ3n) is 5.46. The highest BCUT2D eigenvalue weighted by molar-refractivity contribution is 5.84. The van der Waals surface area contributed by atoms with Crippen LogP contribution in [0.25, 0.3) is 11.1 Å². The minimum atomic E-state index is 0.286. The Labute approximate surface area is 169 Å². The standard InChI is InChI=1S/C24H29N3O/c1-6-17(7-2)20-14-21(18-10-12-19(28-5)13-11-18)23(16-26)24(22(20)15-25)27(8-3)9-4/h10-14,17H,6-9H2,1-5H3. The molecule has 146 valence electrons. The first-order chi connectivity index (χ1) is 13.6. The van der Waals surface area contributed by atoms with E-state index in [0.717, 1.165) is 54.1 Å². The molecule has 0 bridgehead atoms. The van der Waals surface area contributed by atoms with Gasteiger partial charge in [0.05, 0.1) is 23.9 Å². The lowest BCUT2D eigenvalue weighted by molar-refractivity contribution is 0.415. The van der Waals surface area contributed by atoms with Gasteiger partial charge in [0.2, 0.25) is 0 Å². The predicted octanol–water partition coefficient (Wildman–Crippen LogP) is 5.86. The van der Waals surface area contributed by atoms with Crippen molar-refractivity contribution in [3.63, 3.8) is 0 Å². The number of nitrogens with zero attached hydrogens (tertiary/aromatic N) is 3. The summed E-state index contributed by atoms with van der Waals surface area (Å²) in [6, 6.07) is 14.6. The van der Waals surface area contributed by atoms with Gasteiger partial charge in [0.25, 0.3) is 0 Å². The first-order valence-electron chi connectivity index (χ1n) is 10.00. The van der Waals surface area contributed by atoms with Crippen molar-refractivity contribution in [2.24, 2.45) is 0 Å². The van der Waals surface area contributed by atoms with Gasteiger partial charge in [-0.25, -0.2) is 0 Å². The van der Waals surface area contributed by atoms with Crippen molar-refractivity contribution in [3.8, 4) is 29.0 Å². The second-order valence-electron chi connectivity index (χ2n) is 6.75. The molecular weight excluding hydrogens is 346 g/mol. The summed E-state index contributed by atoms with van der Waals surface area (Å²) >= 11 is 0. The van der Waals surface area contributed by atoms with Gasteiger partial charge in [-0.2, -0.15) is 10.5 Å². The fraction of sp³-hybridized carbons (Fsp3) is 0.417. The van der Waals surface area contributed by atoms with Gasteiger partial charge in [-0.05, 0) is 61.9 Å². The lowest BCUT2D eigenvalue weighted by atomic mass is 9.84. The van der Waals surface area contributed by atoms with Crippen LogP contribution in [0.5, 0.6) is 5.75 Å². The molecule has 28 heavy (non-hydrogen) atoms. The highest BCUT2D eigenvalue weighted by Crippen LogP contribution is 2.40. The Morgan fingerprint density at radius 1 is 0.929 bits per heavy atom. The Hall–Kier alpha value is -2.98. The largest absolute Gasteiger partial charge is 0.497 e. The maximum atomic E-state index is 10.1. The maximum absolute atomic E-state index is 10.1. The van der Waals surface area contributed by atoms with E-state index >= 15 is 0 Å². The topological polar surface area (TPSA) is 60.0 Å². The fourth-order valence-corrected chi connectivity index (χ4v) is 3.82. The first-order valence-corrected chi connectivity index (χ1v) is 10.00. The van der Waals surface area contributed by atoms with Crippen LogP contribution in [0.4, 0.5) is 5.69 Å². The lowest BCUT2D eigenvalue weighted by Crippen LogP contribution is -2.25. The summed E-state index contributed by atoms with van der Waals surface area (Å²) in [6.45, 7) is 9.91. The van der Waals surface area contributed by atoms with Crippen molar-refractivity contribution < 1.29 is 4.74 Å². The summed E-state index contributed by atoms with van der Waals surface area (Å²) in [6.07, 6.45) is 1.91. The number of ether oxygens (including phenoxy) is 1. The van der Waals surface area contributed by atoms with Crippen molar-refractivity contribution in [1.29, 1.82) is 10.5 Å². The summed E-state index contributed by atoms with van der Waals surface area (Å²) in [7, 11) is 1.64. The van der Waals surface area contributed by atoms with Gasteiger partial charge in [0.15, 0.2) is 0 Å². The highest BCUT2D eigenvalue weighted by Gasteiger charge is 2.25. The Balaban J connectivity index is 2.90. The van der Waals surface area contributed by atoms with Crippen LogP contribution < -0.4 is 9.64 Å². The monoisotopic (exact) mass is 375 g/mol. The molecule has 0 saturated heterocycles. The maximum Gasteiger partial charge on any atom is 0.118 e. The van der Waals surface area contributed by atoms with E-state index in [9.17, 15) is 10.5 Å². The van der Waals surface area contributed by atoms with Crippen LogP contribution in [0.2, 0.25) is 0 Å². The Morgan fingerprint density at radius 3 is 1.93 bits per heavy atom. The third-order valence-corrected chi connectivity index (χ3v) is 5.46. The molecule has 0 N–H and O–H groups in total. The summed E-state index contributed by atoms with van der Waals surface area (Å²) in [5.74, 6) is 1.06. The Kier molecular flexibility index (Phi) is 7.47. The van der Waals surface area contributed by atoms with E-state index in [0.29, 0.717) is 11.1 Å². The molecule has 0 aliphatic heterocycles. The average molecular weight is 376 g/mol. The van der Waals surface area contributed by atoms with E-state index in [1.165, 1.54) is 0 Å². The van der Waals surface area contributed by atoms with Crippen molar-refractivity contribution in [2.75, 3.05) is 25.1 Å². The Bertz CT molecular complexity index is 880. The number of benzene rings is 2. The average Bonchev–Trinajstić information content (AvgIpc) is 2.75. The van der Waals surface area contributed by atoms with Gasteiger partial charge in [0.1, 0.15) is 17.9 Å². The van der Waals surface area contributed by atoms with Crippen molar-refractivity contribution in [1.82, 2.24) is 0 Å². The van der Waals surface area contributed by atoms with Gasteiger partial charge in [-0.3, -0.25) is 0 Å². The normalized spacial score (nSPS) is 10.4. The third kappa shape index (κ3) is 3.97. The van der Waals surface area contributed by atoms with Crippen molar-refractivity contribution in [3.05, 3.63) is 47.0 Å². The highest BCUT2D eigenvalue weighted by atomic mass is 16.5. The number of methoxy groups -OCH3 is 1. The van der Waals surface area contributed by atoms with E-state index in [1.54, 1.807) is 7.11 Å². The molecule has 0 amide bonds. The van der Waals surface area contributed by atoms with Gasteiger partial charge in [0, 0.05) is 18.7 Å². The van der Waals surface area contributed by atoms with Crippen LogP contribution in [0.3, 0.4) is 0 Å². The molecule has 0 aliphatic rings. The van der Waals surface area contributed by atoms with E-state index in [4.69, 9.17) is 4.74 Å². The zero-order chi connectivity index (χ0) is 20.7. The smallest absolute Gasteiger partial charge is 0.118 e. The second-order valence-corrected chi connectivity index (χ2v) is 6.75. The summed E-state index contributed by atoms with van der Waals surface area (Å²) in [4.78, 5) is 2.12. The molecule has 0 radical (unpaired) electrons. The molecule has 2 aromatic carbocycles. The predicted molar refractivity (Wildman–Crippen MR) is 115 cm³/mol. The number of rotatable bonds is 8. The molecule has 2 aromatic rings. The molecular formula is C24H29N3O. The van der Waals surface area contributed by atoms with E-state index in [-0.39, 0.29) is 5.92 Å².